The second-order valence-corrected chi connectivity index (χ2v) is 9.02. The van der Waals surface area contributed by atoms with Crippen molar-refractivity contribution >= 4 is 11.6 Å². The average molecular weight is 365 g/mol. The molecule has 0 unspecified atom stereocenters. The minimum absolute atomic E-state index is 0.0473. The number of nitrogens with one attached hydrogen (secondary N) is 1. The highest BCUT2D eigenvalue weighted by atomic mass is 16.2. The quantitative estimate of drug-likeness (QED) is 0.835. The summed E-state index contributed by atoms with van der Waals surface area (Å²) >= 11 is 0. The number of anilines is 1. The van der Waals surface area contributed by atoms with Crippen molar-refractivity contribution in [2.75, 3.05) is 11.4 Å². The number of fused-ring (bicyclic) bond motifs is 2. The van der Waals surface area contributed by atoms with E-state index in [0.717, 1.165) is 18.5 Å². The van der Waals surface area contributed by atoms with Crippen LogP contribution in [0.25, 0.3) is 0 Å². The first-order valence-electron chi connectivity index (χ1n) is 9.76. The summed E-state index contributed by atoms with van der Waals surface area (Å²) in [5.41, 5.74) is 2.28. The van der Waals surface area contributed by atoms with Gasteiger partial charge in [0.2, 0.25) is 0 Å². The Morgan fingerprint density at radius 3 is 2.48 bits per heavy atom. The molecule has 27 heavy (non-hydrogen) atoms. The zero-order valence-corrected chi connectivity index (χ0v) is 16.6. The van der Waals surface area contributed by atoms with Gasteiger partial charge in [-0.25, -0.2) is 4.98 Å². The number of para-hydroxylation sites is 1. The summed E-state index contributed by atoms with van der Waals surface area (Å²) in [7, 11) is 0. The predicted molar refractivity (Wildman–Crippen MR) is 107 cm³/mol. The molecule has 2 aromatic rings. The standard InChI is InChI=1S/C22H27N3O2/c1-14-17(18(26)24-20(23-14)21(2,3)4)19(27)25-13-22(11-7-8-12-22)15-9-5-6-10-16(15)25/h5-6,9-10H,7-8,11-13H2,1-4H3,(H,23,24,26). The van der Waals surface area contributed by atoms with Gasteiger partial charge in [0.15, 0.2) is 0 Å². The molecule has 2 heterocycles. The van der Waals surface area contributed by atoms with Crippen molar-refractivity contribution in [1.29, 1.82) is 0 Å². The number of nitrogens with zero attached hydrogens (tertiary/aromatic N) is 2. The smallest absolute Gasteiger partial charge is 0.265 e. The van der Waals surface area contributed by atoms with Crippen molar-refractivity contribution < 1.29 is 4.79 Å². The van der Waals surface area contributed by atoms with Gasteiger partial charge in [-0.05, 0) is 31.4 Å². The maximum atomic E-state index is 13.4. The lowest BCUT2D eigenvalue weighted by Gasteiger charge is -2.25. The molecule has 1 saturated carbocycles. The monoisotopic (exact) mass is 365 g/mol. The summed E-state index contributed by atoms with van der Waals surface area (Å²) in [5, 5.41) is 0. The highest BCUT2D eigenvalue weighted by molar-refractivity contribution is 6.08. The molecule has 4 rings (SSSR count). The van der Waals surface area contributed by atoms with Gasteiger partial charge in [0.25, 0.3) is 11.5 Å². The Hall–Kier alpha value is -2.43. The second-order valence-electron chi connectivity index (χ2n) is 9.02. The van der Waals surface area contributed by atoms with Crippen molar-refractivity contribution in [1.82, 2.24) is 9.97 Å². The van der Waals surface area contributed by atoms with Gasteiger partial charge in [-0.3, -0.25) is 9.59 Å². The van der Waals surface area contributed by atoms with Crippen molar-refractivity contribution in [3.8, 4) is 0 Å². The maximum absolute atomic E-state index is 13.4. The van der Waals surface area contributed by atoms with Crippen LogP contribution in [-0.2, 0) is 10.8 Å². The number of aromatic amines is 1. The number of carbonyl (C=O) groups is 1. The van der Waals surface area contributed by atoms with Crippen LogP contribution in [0.15, 0.2) is 29.1 Å². The van der Waals surface area contributed by atoms with Crippen LogP contribution in [0.3, 0.4) is 0 Å². The van der Waals surface area contributed by atoms with E-state index in [1.807, 2.05) is 39.0 Å². The van der Waals surface area contributed by atoms with Gasteiger partial charge in [-0.15, -0.1) is 0 Å². The molecular formula is C22H27N3O2. The largest absolute Gasteiger partial charge is 0.309 e. The van der Waals surface area contributed by atoms with Crippen LogP contribution in [0, 0.1) is 6.92 Å². The van der Waals surface area contributed by atoms with E-state index in [1.54, 1.807) is 11.8 Å². The van der Waals surface area contributed by atoms with Crippen LogP contribution >= 0.6 is 0 Å². The van der Waals surface area contributed by atoms with Crippen LogP contribution in [0.1, 0.15) is 73.9 Å². The minimum atomic E-state index is -0.345. The Morgan fingerprint density at radius 2 is 1.85 bits per heavy atom. The molecule has 142 valence electrons. The van der Waals surface area contributed by atoms with E-state index in [2.05, 4.69) is 16.0 Å². The molecule has 1 amide bonds. The molecule has 1 aliphatic heterocycles. The number of rotatable bonds is 1. The van der Waals surface area contributed by atoms with Gasteiger partial charge in [-0.2, -0.15) is 0 Å². The number of hydrogen-bond acceptors (Lipinski definition) is 3. The van der Waals surface area contributed by atoms with Crippen molar-refractivity contribution in [3.05, 3.63) is 57.3 Å². The SMILES string of the molecule is Cc1nc(C(C)(C)C)[nH]c(=O)c1C(=O)N1CC2(CCCC2)c2ccccc21. The first-order chi connectivity index (χ1) is 12.7. The fourth-order valence-electron chi connectivity index (χ4n) is 4.62. The number of aryl methyl sites for hydroxylation is 1. The summed E-state index contributed by atoms with van der Waals surface area (Å²) in [6.07, 6.45) is 4.59. The highest BCUT2D eigenvalue weighted by Gasteiger charge is 2.46. The van der Waals surface area contributed by atoms with Crippen LogP contribution in [-0.4, -0.2) is 22.4 Å². The van der Waals surface area contributed by atoms with Gasteiger partial charge in [-0.1, -0.05) is 51.8 Å². The van der Waals surface area contributed by atoms with Gasteiger partial charge < -0.3 is 9.88 Å². The maximum Gasteiger partial charge on any atom is 0.265 e. The zero-order chi connectivity index (χ0) is 19.4. The predicted octanol–water partition coefficient (Wildman–Crippen LogP) is 3.85. The molecule has 1 aliphatic carbocycles. The summed E-state index contributed by atoms with van der Waals surface area (Å²) in [6.45, 7) is 8.39. The summed E-state index contributed by atoms with van der Waals surface area (Å²) in [5.74, 6) is 0.369. The highest BCUT2D eigenvalue weighted by Crippen LogP contribution is 2.50. The summed E-state index contributed by atoms with van der Waals surface area (Å²) in [6, 6.07) is 8.16. The van der Waals surface area contributed by atoms with Crippen molar-refractivity contribution in [2.45, 2.75) is 64.2 Å². The Balaban J connectivity index is 1.78. The third-order valence-corrected chi connectivity index (χ3v) is 6.06. The van der Waals surface area contributed by atoms with Gasteiger partial charge >= 0.3 is 0 Å². The van der Waals surface area contributed by atoms with Gasteiger partial charge in [0, 0.05) is 23.1 Å². The molecular weight excluding hydrogens is 338 g/mol. The van der Waals surface area contributed by atoms with Crippen LogP contribution in [0.2, 0.25) is 0 Å². The Morgan fingerprint density at radius 1 is 1.19 bits per heavy atom. The Kier molecular flexibility index (Phi) is 4.02. The number of H-pyrrole nitrogens is 1. The van der Waals surface area contributed by atoms with Crippen LogP contribution < -0.4 is 10.5 Å². The molecule has 1 aromatic heterocycles. The molecule has 2 aliphatic rings. The molecule has 0 atom stereocenters. The lowest BCUT2D eigenvalue weighted by molar-refractivity contribution is 0.0982. The van der Waals surface area contributed by atoms with E-state index in [-0.39, 0.29) is 27.9 Å². The number of benzene rings is 1. The molecule has 5 nitrogen and oxygen atoms in total. The Labute approximate surface area is 159 Å². The molecule has 0 bridgehead atoms. The zero-order valence-electron chi connectivity index (χ0n) is 16.6. The molecule has 5 heteroatoms. The fraction of sp³-hybridized carbons (Fsp3) is 0.500. The normalized spacial score (nSPS) is 18.1. The summed E-state index contributed by atoms with van der Waals surface area (Å²) in [4.78, 5) is 35.4. The van der Waals surface area contributed by atoms with Crippen LogP contribution in [0.5, 0.6) is 0 Å². The van der Waals surface area contributed by atoms with E-state index in [0.29, 0.717) is 18.1 Å². The van der Waals surface area contributed by atoms with Gasteiger partial charge in [0.05, 0.1) is 5.69 Å². The van der Waals surface area contributed by atoms with E-state index in [1.165, 1.54) is 18.4 Å². The van der Waals surface area contributed by atoms with Crippen molar-refractivity contribution in [2.24, 2.45) is 0 Å². The Bertz CT molecular complexity index is 962. The molecule has 1 N–H and O–H groups in total. The van der Waals surface area contributed by atoms with E-state index < -0.39 is 0 Å². The van der Waals surface area contributed by atoms with E-state index >= 15 is 0 Å². The number of carbonyl (C=O) groups excluding carboxylic acids is 1. The molecule has 0 saturated heterocycles. The number of aromatic nitrogens is 2. The minimum Gasteiger partial charge on any atom is -0.309 e. The molecule has 1 spiro atoms. The number of hydrogen-bond donors (Lipinski definition) is 1. The average Bonchev–Trinajstić information content (AvgIpc) is 3.20. The van der Waals surface area contributed by atoms with Crippen LogP contribution in [0.4, 0.5) is 5.69 Å². The topological polar surface area (TPSA) is 66.1 Å². The third kappa shape index (κ3) is 2.80. The first-order valence-corrected chi connectivity index (χ1v) is 9.76. The van der Waals surface area contributed by atoms with E-state index in [9.17, 15) is 9.59 Å². The fourth-order valence-corrected chi connectivity index (χ4v) is 4.62. The molecule has 1 fully saturated rings. The molecule has 0 radical (unpaired) electrons. The lowest BCUT2D eigenvalue weighted by Crippen LogP contribution is -2.39. The first kappa shape index (κ1) is 18.0. The van der Waals surface area contributed by atoms with Crippen molar-refractivity contribution in [3.63, 3.8) is 0 Å². The third-order valence-electron chi connectivity index (χ3n) is 6.06. The lowest BCUT2D eigenvalue weighted by atomic mass is 9.81. The number of amides is 1. The van der Waals surface area contributed by atoms with E-state index in [4.69, 9.17) is 0 Å². The second kappa shape index (κ2) is 6.04. The summed E-state index contributed by atoms with van der Waals surface area (Å²) < 4.78 is 0. The molecule has 1 aromatic carbocycles. The van der Waals surface area contributed by atoms with Gasteiger partial charge in [0.1, 0.15) is 11.4 Å².